The average molecular weight is 328 g/mol. The standard InChI is InChI=1S/C18H20N2O4/c19-13(18(23)24)6-11-7-15(17(22)9-16(11)21)20-14-8-12(14)10-4-2-1-3-5-10/h1-5,9,11-14,22H,6-8,19H2,(H,23,24). The Labute approximate surface area is 139 Å². The fourth-order valence-corrected chi connectivity index (χ4v) is 3.08. The van der Waals surface area contributed by atoms with Crippen LogP contribution in [0.25, 0.3) is 0 Å². The van der Waals surface area contributed by atoms with E-state index in [2.05, 4.69) is 17.1 Å². The molecule has 0 bridgehead atoms. The molecule has 0 heterocycles. The first-order chi connectivity index (χ1) is 11.5. The van der Waals surface area contributed by atoms with E-state index in [9.17, 15) is 14.7 Å². The highest BCUT2D eigenvalue weighted by Gasteiger charge is 2.39. The predicted molar refractivity (Wildman–Crippen MR) is 89.1 cm³/mol. The van der Waals surface area contributed by atoms with E-state index >= 15 is 0 Å². The van der Waals surface area contributed by atoms with Crippen LogP contribution in [0.1, 0.15) is 30.7 Å². The van der Waals surface area contributed by atoms with Gasteiger partial charge in [-0.3, -0.25) is 14.6 Å². The summed E-state index contributed by atoms with van der Waals surface area (Å²) in [6, 6.07) is 9.05. The number of carboxylic acid groups (broad SMARTS) is 1. The number of benzene rings is 1. The van der Waals surface area contributed by atoms with E-state index < -0.39 is 17.9 Å². The van der Waals surface area contributed by atoms with Crippen LogP contribution in [-0.2, 0) is 9.59 Å². The minimum absolute atomic E-state index is 0.0454. The number of rotatable bonds is 5. The Morgan fingerprint density at radius 1 is 1.33 bits per heavy atom. The summed E-state index contributed by atoms with van der Waals surface area (Å²) in [5, 5.41) is 18.9. The number of nitrogens with two attached hydrogens (primary N) is 1. The lowest BCUT2D eigenvalue weighted by Gasteiger charge is -2.21. The molecule has 6 nitrogen and oxygen atoms in total. The summed E-state index contributed by atoms with van der Waals surface area (Å²) in [6.45, 7) is 0. The molecule has 2 aliphatic carbocycles. The van der Waals surface area contributed by atoms with Gasteiger partial charge in [-0.15, -0.1) is 0 Å². The van der Waals surface area contributed by atoms with Gasteiger partial charge >= 0.3 is 5.97 Å². The molecular formula is C18H20N2O4. The number of aliphatic hydroxyl groups excluding tert-OH is 1. The highest BCUT2D eigenvalue weighted by Crippen LogP contribution is 2.44. The number of carbonyl (C=O) groups excluding carboxylic acids is 1. The van der Waals surface area contributed by atoms with E-state index in [-0.39, 0.29) is 30.4 Å². The summed E-state index contributed by atoms with van der Waals surface area (Å²) in [6.07, 6.45) is 2.33. The van der Waals surface area contributed by atoms with Crippen LogP contribution in [0.5, 0.6) is 0 Å². The molecule has 126 valence electrons. The van der Waals surface area contributed by atoms with Crippen molar-refractivity contribution in [3.05, 3.63) is 47.7 Å². The number of ketones is 1. The topological polar surface area (TPSA) is 113 Å². The van der Waals surface area contributed by atoms with Gasteiger partial charge in [0.1, 0.15) is 11.8 Å². The third-order valence-electron chi connectivity index (χ3n) is 4.58. The number of nitrogens with zero attached hydrogens (tertiary/aromatic N) is 1. The molecule has 1 aromatic carbocycles. The van der Waals surface area contributed by atoms with Crippen LogP contribution < -0.4 is 5.73 Å². The van der Waals surface area contributed by atoms with Gasteiger partial charge in [-0.2, -0.15) is 0 Å². The van der Waals surface area contributed by atoms with Crippen molar-refractivity contribution in [2.24, 2.45) is 16.6 Å². The minimum Gasteiger partial charge on any atom is -0.506 e. The van der Waals surface area contributed by atoms with Gasteiger partial charge in [-0.25, -0.2) is 0 Å². The van der Waals surface area contributed by atoms with E-state index in [1.807, 2.05) is 18.2 Å². The van der Waals surface area contributed by atoms with Crippen LogP contribution in [0.2, 0.25) is 0 Å². The zero-order valence-electron chi connectivity index (χ0n) is 13.1. The lowest BCUT2D eigenvalue weighted by atomic mass is 9.85. The molecular weight excluding hydrogens is 308 g/mol. The van der Waals surface area contributed by atoms with Gasteiger partial charge in [0.25, 0.3) is 0 Å². The lowest BCUT2D eigenvalue weighted by molar-refractivity contribution is -0.139. The molecule has 2 aliphatic rings. The molecule has 4 unspecified atom stereocenters. The van der Waals surface area contributed by atoms with Crippen LogP contribution in [0.3, 0.4) is 0 Å². The number of aliphatic imine (C=N–C) groups is 1. The largest absolute Gasteiger partial charge is 0.506 e. The molecule has 0 radical (unpaired) electrons. The Kier molecular flexibility index (Phi) is 4.49. The Balaban J connectivity index is 1.70. The van der Waals surface area contributed by atoms with Crippen LogP contribution in [0.4, 0.5) is 0 Å². The number of aliphatic carboxylic acids is 1. The van der Waals surface area contributed by atoms with Gasteiger partial charge in [0.2, 0.25) is 0 Å². The smallest absolute Gasteiger partial charge is 0.320 e. The fourth-order valence-electron chi connectivity index (χ4n) is 3.08. The summed E-state index contributed by atoms with van der Waals surface area (Å²) in [5.41, 5.74) is 7.21. The third-order valence-corrected chi connectivity index (χ3v) is 4.58. The molecule has 0 saturated heterocycles. The average Bonchev–Trinajstić information content (AvgIpc) is 3.32. The first-order valence-electron chi connectivity index (χ1n) is 8.00. The summed E-state index contributed by atoms with van der Waals surface area (Å²) < 4.78 is 0. The molecule has 4 N–H and O–H groups in total. The number of aliphatic hydroxyl groups is 1. The summed E-state index contributed by atoms with van der Waals surface area (Å²) in [7, 11) is 0. The highest BCUT2D eigenvalue weighted by molar-refractivity contribution is 6.10. The monoisotopic (exact) mass is 328 g/mol. The van der Waals surface area contributed by atoms with E-state index in [0.29, 0.717) is 11.6 Å². The second kappa shape index (κ2) is 6.57. The normalized spacial score (nSPS) is 29.2. The molecule has 0 aromatic heterocycles. The third kappa shape index (κ3) is 3.54. The van der Waals surface area contributed by atoms with Crippen LogP contribution in [0, 0.1) is 5.92 Å². The zero-order chi connectivity index (χ0) is 17.3. The first kappa shape index (κ1) is 16.4. The van der Waals surface area contributed by atoms with Gasteiger partial charge in [-0.05, 0) is 18.4 Å². The first-order valence-corrected chi connectivity index (χ1v) is 8.00. The van der Waals surface area contributed by atoms with E-state index in [4.69, 9.17) is 10.8 Å². The van der Waals surface area contributed by atoms with Crippen molar-refractivity contribution in [2.45, 2.75) is 37.3 Å². The van der Waals surface area contributed by atoms with Gasteiger partial charge in [0.15, 0.2) is 5.78 Å². The van der Waals surface area contributed by atoms with Gasteiger partial charge in [-0.1, -0.05) is 30.3 Å². The maximum Gasteiger partial charge on any atom is 0.320 e. The van der Waals surface area contributed by atoms with Crippen LogP contribution in [-0.4, -0.2) is 39.8 Å². The molecule has 0 amide bonds. The summed E-state index contributed by atoms with van der Waals surface area (Å²) in [4.78, 5) is 27.4. The molecule has 1 aromatic rings. The van der Waals surface area contributed by atoms with Crippen molar-refractivity contribution in [3.8, 4) is 0 Å². The van der Waals surface area contributed by atoms with Crippen molar-refractivity contribution in [2.75, 3.05) is 0 Å². The summed E-state index contributed by atoms with van der Waals surface area (Å²) >= 11 is 0. The maximum atomic E-state index is 12.0. The highest BCUT2D eigenvalue weighted by atomic mass is 16.4. The Hall–Kier alpha value is -2.47. The molecule has 0 aliphatic heterocycles. The molecule has 6 heteroatoms. The Morgan fingerprint density at radius 2 is 2.04 bits per heavy atom. The van der Waals surface area contributed by atoms with Crippen LogP contribution >= 0.6 is 0 Å². The number of allylic oxidation sites excluding steroid dienone is 2. The van der Waals surface area contributed by atoms with Crippen molar-refractivity contribution < 1.29 is 19.8 Å². The van der Waals surface area contributed by atoms with E-state index in [1.165, 1.54) is 5.56 Å². The Morgan fingerprint density at radius 3 is 2.71 bits per heavy atom. The zero-order valence-corrected chi connectivity index (χ0v) is 13.1. The fraction of sp³-hybridized carbons (Fsp3) is 0.389. The second-order valence-electron chi connectivity index (χ2n) is 6.41. The summed E-state index contributed by atoms with van der Waals surface area (Å²) in [5.74, 6) is -1.74. The number of hydrogen-bond donors (Lipinski definition) is 3. The van der Waals surface area contributed by atoms with Gasteiger partial charge in [0.05, 0.1) is 11.8 Å². The molecule has 1 saturated carbocycles. The number of carboxylic acids is 1. The van der Waals surface area contributed by atoms with Crippen LogP contribution in [0.15, 0.2) is 47.2 Å². The molecule has 3 rings (SSSR count). The van der Waals surface area contributed by atoms with Crippen molar-refractivity contribution in [3.63, 3.8) is 0 Å². The predicted octanol–water partition coefficient (Wildman–Crippen LogP) is 1.82. The van der Waals surface area contributed by atoms with E-state index in [1.54, 1.807) is 0 Å². The quantitative estimate of drug-likeness (QED) is 0.763. The molecule has 0 spiro atoms. The van der Waals surface area contributed by atoms with Gasteiger partial charge < -0.3 is 15.9 Å². The number of carbonyl (C=O) groups is 2. The molecule has 1 fully saturated rings. The molecule has 4 atom stereocenters. The van der Waals surface area contributed by atoms with Crippen molar-refractivity contribution in [1.82, 2.24) is 0 Å². The van der Waals surface area contributed by atoms with E-state index in [0.717, 1.165) is 12.5 Å². The second-order valence-corrected chi connectivity index (χ2v) is 6.41. The Bertz CT molecular complexity index is 711. The van der Waals surface area contributed by atoms with Crippen molar-refractivity contribution in [1.29, 1.82) is 0 Å². The minimum atomic E-state index is -1.13. The number of hydrogen-bond acceptors (Lipinski definition) is 5. The SMILES string of the molecule is NC(CC1CC(=NC2CC2c2ccccc2)C(O)=CC1=O)C(=O)O. The lowest BCUT2D eigenvalue weighted by Crippen LogP contribution is -2.36. The van der Waals surface area contributed by atoms with Crippen molar-refractivity contribution >= 4 is 17.5 Å². The maximum absolute atomic E-state index is 12.0. The molecule has 24 heavy (non-hydrogen) atoms. The van der Waals surface area contributed by atoms with Gasteiger partial charge in [0, 0.05) is 24.3 Å².